The monoisotopic (exact) mass is 410 g/mol. The molecule has 2 rings (SSSR count). The van der Waals surface area contributed by atoms with Gasteiger partial charge in [0.05, 0.1) is 4.47 Å². The summed E-state index contributed by atoms with van der Waals surface area (Å²) in [4.78, 5) is 1.56. The number of halogens is 6. The third-order valence-electron chi connectivity index (χ3n) is 3.16. The average molecular weight is 412 g/mol. The van der Waals surface area contributed by atoms with Crippen molar-refractivity contribution < 1.29 is 18.3 Å². The lowest BCUT2D eigenvalue weighted by Gasteiger charge is -2.35. The van der Waals surface area contributed by atoms with E-state index in [2.05, 4.69) is 21.2 Å². The Morgan fingerprint density at radius 3 is 2.29 bits per heavy atom. The zero-order valence-corrected chi connectivity index (χ0v) is 14.1. The second-order valence-electron chi connectivity index (χ2n) is 4.39. The second kappa shape index (κ2) is 9.05. The molecule has 1 aliphatic heterocycles. The van der Waals surface area contributed by atoms with E-state index < -0.39 is 18.3 Å². The van der Waals surface area contributed by atoms with Gasteiger partial charge in [-0.3, -0.25) is 4.90 Å². The zero-order chi connectivity index (χ0) is 14.0. The van der Waals surface area contributed by atoms with Crippen molar-refractivity contribution in [3.05, 3.63) is 28.0 Å². The van der Waals surface area contributed by atoms with Gasteiger partial charge >= 0.3 is 0 Å². The van der Waals surface area contributed by atoms with Crippen LogP contribution in [0.1, 0.15) is 11.6 Å². The summed E-state index contributed by atoms with van der Waals surface area (Å²) in [6.07, 6.45) is -2.70. The summed E-state index contributed by atoms with van der Waals surface area (Å²) in [6, 6.07) is 0.729. The first-order valence-electron chi connectivity index (χ1n) is 5.91. The SMILES string of the molecule is Cl.Cl.Oc1c(Br)cc(F)cc1[C@@H](C(F)F)N1CCNCC1. The van der Waals surface area contributed by atoms with Crippen LogP contribution < -0.4 is 5.32 Å². The molecule has 3 nitrogen and oxygen atoms in total. The first-order chi connectivity index (χ1) is 9.00. The Balaban J connectivity index is 0.00000200. The van der Waals surface area contributed by atoms with E-state index in [-0.39, 0.29) is 40.6 Å². The first kappa shape index (κ1) is 20.8. The van der Waals surface area contributed by atoms with Crippen LogP contribution in [0.25, 0.3) is 0 Å². The summed E-state index contributed by atoms with van der Waals surface area (Å²) >= 11 is 2.97. The molecule has 122 valence electrons. The molecule has 9 heteroatoms. The molecule has 21 heavy (non-hydrogen) atoms. The van der Waals surface area contributed by atoms with Gasteiger partial charge in [0.15, 0.2) is 0 Å². The number of hydrogen-bond donors (Lipinski definition) is 2. The van der Waals surface area contributed by atoms with Gasteiger partial charge in [0.2, 0.25) is 0 Å². The number of phenolic OH excluding ortho intramolecular Hbond substituents is 1. The number of piperazine rings is 1. The van der Waals surface area contributed by atoms with Gasteiger partial charge in [-0.15, -0.1) is 24.8 Å². The maximum absolute atomic E-state index is 13.4. The van der Waals surface area contributed by atoms with Crippen LogP contribution >= 0.6 is 40.7 Å². The van der Waals surface area contributed by atoms with Crippen molar-refractivity contribution in [1.82, 2.24) is 10.2 Å². The smallest absolute Gasteiger partial charge is 0.258 e. The number of nitrogens with one attached hydrogen (secondary N) is 1. The second-order valence-corrected chi connectivity index (χ2v) is 5.25. The van der Waals surface area contributed by atoms with Crippen LogP contribution in [0.3, 0.4) is 0 Å². The number of benzene rings is 1. The van der Waals surface area contributed by atoms with Crippen molar-refractivity contribution in [2.45, 2.75) is 12.5 Å². The minimum absolute atomic E-state index is 0. The molecule has 1 fully saturated rings. The van der Waals surface area contributed by atoms with Gasteiger partial charge in [-0.2, -0.15) is 0 Å². The van der Waals surface area contributed by atoms with E-state index in [4.69, 9.17) is 0 Å². The Morgan fingerprint density at radius 2 is 1.76 bits per heavy atom. The van der Waals surface area contributed by atoms with Gasteiger partial charge in [-0.05, 0) is 28.1 Å². The number of rotatable bonds is 3. The van der Waals surface area contributed by atoms with E-state index in [0.717, 1.165) is 12.1 Å². The molecular weight excluding hydrogens is 396 g/mol. The molecule has 0 radical (unpaired) electrons. The fraction of sp³-hybridized carbons (Fsp3) is 0.500. The normalized spacial score (nSPS) is 17.0. The molecule has 0 aromatic heterocycles. The van der Waals surface area contributed by atoms with Crippen LogP contribution in [0.15, 0.2) is 16.6 Å². The van der Waals surface area contributed by atoms with E-state index in [1.807, 2.05) is 0 Å². The highest BCUT2D eigenvalue weighted by molar-refractivity contribution is 9.10. The predicted octanol–water partition coefficient (Wildman–Crippen LogP) is 3.35. The lowest BCUT2D eigenvalue weighted by molar-refractivity contribution is 0.0168. The van der Waals surface area contributed by atoms with Crippen LogP contribution in [0.2, 0.25) is 0 Å². The van der Waals surface area contributed by atoms with E-state index in [0.29, 0.717) is 26.2 Å². The molecule has 0 spiro atoms. The molecule has 1 saturated heterocycles. The van der Waals surface area contributed by atoms with Crippen molar-refractivity contribution >= 4 is 40.7 Å². The molecule has 1 atom stereocenters. The lowest BCUT2D eigenvalue weighted by Crippen LogP contribution is -2.46. The average Bonchev–Trinajstić information content (AvgIpc) is 2.36. The molecule has 1 aromatic rings. The Labute approximate surface area is 141 Å². The van der Waals surface area contributed by atoms with Crippen molar-refractivity contribution in [2.24, 2.45) is 0 Å². The zero-order valence-electron chi connectivity index (χ0n) is 10.9. The van der Waals surface area contributed by atoms with Crippen molar-refractivity contribution in [3.8, 4) is 5.75 Å². The highest BCUT2D eigenvalue weighted by Crippen LogP contribution is 2.38. The molecule has 0 bridgehead atoms. The van der Waals surface area contributed by atoms with Crippen LogP contribution in [-0.2, 0) is 0 Å². The molecule has 0 saturated carbocycles. The van der Waals surface area contributed by atoms with Crippen LogP contribution in [0.5, 0.6) is 5.75 Å². The molecule has 0 unspecified atom stereocenters. The molecule has 0 aliphatic carbocycles. The minimum atomic E-state index is -2.70. The summed E-state index contributed by atoms with van der Waals surface area (Å²) < 4.78 is 40.1. The number of phenols is 1. The fourth-order valence-electron chi connectivity index (χ4n) is 2.26. The van der Waals surface area contributed by atoms with E-state index in [1.165, 1.54) is 0 Å². The van der Waals surface area contributed by atoms with Gasteiger partial charge in [-0.1, -0.05) is 0 Å². The maximum Gasteiger partial charge on any atom is 0.258 e. The van der Waals surface area contributed by atoms with Crippen molar-refractivity contribution in [3.63, 3.8) is 0 Å². The Hall–Kier alpha value is -0.210. The molecule has 2 N–H and O–H groups in total. The molecule has 1 aromatic carbocycles. The standard InChI is InChI=1S/C12H14BrF3N2O.2ClH/c13-9-6-7(14)5-8(11(9)19)10(12(15)16)18-3-1-17-2-4-18;;/h5-6,10,12,17,19H,1-4H2;2*1H/t10-;;/m0../s1. The summed E-state index contributed by atoms with van der Waals surface area (Å²) in [5.74, 6) is -0.981. The number of alkyl halides is 2. The molecule has 1 aliphatic rings. The lowest BCUT2D eigenvalue weighted by atomic mass is 10.0. The van der Waals surface area contributed by atoms with Gasteiger partial charge < -0.3 is 10.4 Å². The van der Waals surface area contributed by atoms with Gasteiger partial charge in [0.25, 0.3) is 6.43 Å². The van der Waals surface area contributed by atoms with Gasteiger partial charge in [0.1, 0.15) is 17.6 Å². The van der Waals surface area contributed by atoms with E-state index in [9.17, 15) is 18.3 Å². The first-order valence-corrected chi connectivity index (χ1v) is 6.71. The minimum Gasteiger partial charge on any atom is -0.506 e. The Bertz CT molecular complexity index is 462. The summed E-state index contributed by atoms with van der Waals surface area (Å²) in [5, 5.41) is 12.9. The third-order valence-corrected chi connectivity index (χ3v) is 3.76. The Kier molecular flexibility index (Phi) is 8.96. The predicted molar refractivity (Wildman–Crippen MR) is 83.4 cm³/mol. The summed E-state index contributed by atoms with van der Waals surface area (Å²) in [7, 11) is 0. The molecular formula is C12H16BrCl2F3N2O. The third kappa shape index (κ3) is 4.89. The molecule has 1 heterocycles. The van der Waals surface area contributed by atoms with Gasteiger partial charge in [0, 0.05) is 31.7 Å². The van der Waals surface area contributed by atoms with Crippen LogP contribution in [0, 0.1) is 5.82 Å². The van der Waals surface area contributed by atoms with E-state index in [1.54, 1.807) is 4.90 Å². The number of aromatic hydroxyl groups is 1. The van der Waals surface area contributed by atoms with Gasteiger partial charge in [-0.25, -0.2) is 13.2 Å². The van der Waals surface area contributed by atoms with Crippen molar-refractivity contribution in [2.75, 3.05) is 26.2 Å². The summed E-state index contributed by atoms with van der Waals surface area (Å²) in [6.45, 7) is 2.06. The topological polar surface area (TPSA) is 35.5 Å². The van der Waals surface area contributed by atoms with E-state index >= 15 is 0 Å². The maximum atomic E-state index is 13.4. The quantitative estimate of drug-likeness (QED) is 0.800. The largest absolute Gasteiger partial charge is 0.506 e. The molecule has 0 amide bonds. The number of hydrogen-bond acceptors (Lipinski definition) is 3. The van der Waals surface area contributed by atoms with Crippen LogP contribution in [-0.4, -0.2) is 42.6 Å². The Morgan fingerprint density at radius 1 is 1.19 bits per heavy atom. The van der Waals surface area contributed by atoms with Crippen LogP contribution in [0.4, 0.5) is 13.2 Å². The highest BCUT2D eigenvalue weighted by Gasteiger charge is 2.33. The number of nitrogens with zero attached hydrogens (tertiary/aromatic N) is 1. The summed E-state index contributed by atoms with van der Waals surface area (Å²) in [5.41, 5.74) is -0.0798. The highest BCUT2D eigenvalue weighted by atomic mass is 79.9. The fourth-order valence-corrected chi connectivity index (χ4v) is 2.71. The van der Waals surface area contributed by atoms with Crippen molar-refractivity contribution in [1.29, 1.82) is 0 Å².